The molecule has 0 N–H and O–H groups in total. The minimum atomic E-state index is -0.641. The maximum absolute atomic E-state index is 9.62. The largest absolute Gasteiger partial charge is 0.455 e. The van der Waals surface area contributed by atoms with Gasteiger partial charge in [0.2, 0.25) is 0 Å². The first-order valence-corrected chi connectivity index (χ1v) is 12.5. The molecule has 0 spiro atoms. The topological polar surface area (TPSA) is 13.1 Å². The molecule has 0 saturated heterocycles. The molecule has 0 bridgehead atoms. The molecule has 0 radical (unpaired) electrons. The SMILES string of the molecule is [2H]c1c([2H])c([2H])c(-c2c([2H])c([2H])c(-c3c4ccccc4c(-c4ccccc4)c4ccccc34)c3c2oc2c([2H])c([2H])c([2H])c([2H])c23)c([2H])c1[2H]. The number of hydrogen-bond donors (Lipinski definition) is 0. The normalized spacial score (nSPS) is 15.5. The molecule has 39 heavy (non-hydrogen) atoms. The summed E-state index contributed by atoms with van der Waals surface area (Å²) in [6.45, 7) is 0. The van der Waals surface area contributed by atoms with E-state index in [0.29, 0.717) is 16.3 Å². The first-order chi connectivity index (χ1) is 24.0. The van der Waals surface area contributed by atoms with E-state index >= 15 is 0 Å². The van der Waals surface area contributed by atoms with Gasteiger partial charge in [-0.15, -0.1) is 0 Å². The first kappa shape index (κ1) is 13.6. The Kier molecular flexibility index (Phi) is 3.04. The summed E-state index contributed by atoms with van der Waals surface area (Å²) in [6.07, 6.45) is 0. The minimum absolute atomic E-state index is 0.0385. The number of rotatable bonds is 3. The van der Waals surface area contributed by atoms with Crippen molar-refractivity contribution in [1.29, 1.82) is 0 Å². The van der Waals surface area contributed by atoms with Gasteiger partial charge in [-0.1, -0.05) is 133 Å². The second-order valence-corrected chi connectivity index (χ2v) is 9.22. The Labute approximate surface area is 242 Å². The predicted octanol–water partition coefficient (Wildman–Crippen LogP) is 10.9. The highest BCUT2D eigenvalue weighted by Gasteiger charge is 2.21. The smallest absolute Gasteiger partial charge is 0.143 e. The van der Waals surface area contributed by atoms with Gasteiger partial charge in [0.1, 0.15) is 11.2 Å². The van der Waals surface area contributed by atoms with E-state index in [0.717, 1.165) is 21.9 Å². The number of para-hydroxylation sites is 1. The molecule has 0 saturated carbocycles. The molecule has 0 aliphatic heterocycles. The van der Waals surface area contributed by atoms with Crippen LogP contribution in [0.25, 0.3) is 76.9 Å². The average Bonchev–Trinajstić information content (AvgIpc) is 3.53. The van der Waals surface area contributed by atoms with Gasteiger partial charge in [-0.25, -0.2) is 0 Å². The molecule has 0 fully saturated rings. The highest BCUT2D eigenvalue weighted by atomic mass is 16.3. The van der Waals surface area contributed by atoms with Crippen LogP contribution in [-0.2, 0) is 0 Å². The minimum Gasteiger partial charge on any atom is -0.455 e. The fraction of sp³-hybridized carbons (Fsp3) is 0. The first-order valence-electron chi connectivity index (χ1n) is 18.0. The van der Waals surface area contributed by atoms with E-state index in [9.17, 15) is 2.74 Å². The van der Waals surface area contributed by atoms with Gasteiger partial charge in [-0.3, -0.25) is 0 Å². The van der Waals surface area contributed by atoms with Crippen LogP contribution in [0.5, 0.6) is 0 Å². The number of benzene rings is 7. The third-order valence-corrected chi connectivity index (χ3v) is 7.12. The molecule has 8 aromatic rings. The lowest BCUT2D eigenvalue weighted by Crippen LogP contribution is -1.91. The monoisotopic (exact) mass is 507 g/mol. The van der Waals surface area contributed by atoms with Crippen molar-refractivity contribution in [3.8, 4) is 33.4 Å². The Hall–Kier alpha value is -5.14. The van der Waals surface area contributed by atoms with Crippen molar-refractivity contribution < 1.29 is 19.5 Å². The Morgan fingerprint density at radius 2 is 1.00 bits per heavy atom. The number of fused-ring (bicyclic) bond motifs is 5. The summed E-state index contributed by atoms with van der Waals surface area (Å²) < 4.78 is 102. The van der Waals surface area contributed by atoms with Crippen LogP contribution in [0.2, 0.25) is 0 Å². The number of hydrogen-bond acceptors (Lipinski definition) is 1. The zero-order valence-electron chi connectivity index (χ0n) is 31.4. The second kappa shape index (κ2) is 8.72. The van der Waals surface area contributed by atoms with Gasteiger partial charge < -0.3 is 4.42 Å². The highest BCUT2D eigenvalue weighted by Crippen LogP contribution is 2.48. The van der Waals surface area contributed by atoms with Crippen LogP contribution in [0.3, 0.4) is 0 Å². The Morgan fingerprint density at radius 3 is 1.69 bits per heavy atom. The van der Waals surface area contributed by atoms with Crippen LogP contribution in [0.4, 0.5) is 0 Å². The molecule has 0 aliphatic rings. The molecule has 1 heterocycles. The van der Waals surface area contributed by atoms with E-state index in [1.54, 1.807) is 0 Å². The fourth-order valence-corrected chi connectivity index (χ4v) is 5.53. The van der Waals surface area contributed by atoms with E-state index in [-0.39, 0.29) is 44.7 Å². The van der Waals surface area contributed by atoms with Crippen molar-refractivity contribution in [2.75, 3.05) is 0 Å². The molecule has 0 amide bonds. The predicted molar refractivity (Wildman–Crippen MR) is 165 cm³/mol. The van der Waals surface area contributed by atoms with E-state index in [1.807, 2.05) is 78.9 Å². The summed E-state index contributed by atoms with van der Waals surface area (Å²) in [5.41, 5.74) is 1.55. The van der Waals surface area contributed by atoms with Gasteiger partial charge in [0.25, 0.3) is 0 Å². The van der Waals surface area contributed by atoms with Crippen molar-refractivity contribution in [2.24, 2.45) is 0 Å². The molecule has 8 rings (SSSR count). The summed E-state index contributed by atoms with van der Waals surface area (Å²) in [6, 6.07) is 19.2. The maximum atomic E-state index is 9.62. The Morgan fingerprint density at radius 1 is 0.436 bits per heavy atom. The highest BCUT2D eigenvalue weighted by molar-refractivity contribution is 6.26. The summed E-state index contributed by atoms with van der Waals surface area (Å²) in [4.78, 5) is 0. The van der Waals surface area contributed by atoms with Crippen molar-refractivity contribution in [3.05, 3.63) is 145 Å². The summed E-state index contributed by atoms with van der Waals surface area (Å²) in [5.74, 6) is 0. The fourth-order valence-electron chi connectivity index (χ4n) is 5.53. The third-order valence-electron chi connectivity index (χ3n) is 7.12. The van der Waals surface area contributed by atoms with E-state index in [1.165, 1.54) is 0 Å². The number of furan rings is 1. The van der Waals surface area contributed by atoms with Crippen molar-refractivity contribution in [1.82, 2.24) is 0 Å². The van der Waals surface area contributed by atoms with Gasteiger partial charge in [0.15, 0.2) is 0 Å². The van der Waals surface area contributed by atoms with Crippen LogP contribution in [0.15, 0.2) is 150 Å². The average molecular weight is 508 g/mol. The van der Waals surface area contributed by atoms with E-state index < -0.39 is 60.4 Å². The third kappa shape index (κ3) is 3.34. The molecule has 0 atom stereocenters. The molecule has 182 valence electrons. The lowest BCUT2D eigenvalue weighted by atomic mass is 9.84. The summed E-state index contributed by atoms with van der Waals surface area (Å²) in [7, 11) is 0. The second-order valence-electron chi connectivity index (χ2n) is 9.22. The van der Waals surface area contributed by atoms with Crippen molar-refractivity contribution in [2.45, 2.75) is 0 Å². The quantitative estimate of drug-likeness (QED) is 0.217. The lowest BCUT2D eigenvalue weighted by molar-refractivity contribution is 0.670. The van der Waals surface area contributed by atoms with Gasteiger partial charge >= 0.3 is 0 Å². The zero-order chi connectivity index (χ0) is 35.3. The Balaban J connectivity index is 1.67. The van der Waals surface area contributed by atoms with Crippen LogP contribution in [-0.4, -0.2) is 0 Å². The molecule has 1 nitrogen and oxygen atoms in total. The zero-order valence-corrected chi connectivity index (χ0v) is 20.4. The molecular weight excluding hydrogens is 472 g/mol. The van der Waals surface area contributed by atoms with Gasteiger partial charge in [-0.2, -0.15) is 0 Å². The van der Waals surface area contributed by atoms with Gasteiger partial charge in [-0.05, 0) is 61.4 Å². The molecule has 0 unspecified atom stereocenters. The Bertz CT molecular complexity index is 2680. The molecule has 7 aromatic carbocycles. The van der Waals surface area contributed by atoms with Gasteiger partial charge in [0, 0.05) is 16.3 Å². The standard InChI is InChI=1S/C38H24O/c1-3-13-25(14-4-1)27-23-24-33(37-32-21-11-12-22-34(32)39-38(27)37)36-30-19-9-7-17-28(30)35(26-15-5-2-6-16-26)29-18-8-10-20-31(29)36/h1-24H/i1D,3D,4D,11D,12D,13D,14D,21D,22D,23D,24D. The lowest BCUT2D eigenvalue weighted by Gasteiger charge is -2.18. The molecular formula is C38H24O. The maximum Gasteiger partial charge on any atom is 0.143 e. The van der Waals surface area contributed by atoms with Gasteiger partial charge in [0.05, 0.1) is 15.1 Å². The van der Waals surface area contributed by atoms with Crippen LogP contribution >= 0.6 is 0 Å². The van der Waals surface area contributed by atoms with Crippen LogP contribution in [0.1, 0.15) is 15.1 Å². The molecule has 1 heteroatoms. The van der Waals surface area contributed by atoms with E-state index in [4.69, 9.17) is 16.8 Å². The van der Waals surface area contributed by atoms with Crippen LogP contribution < -0.4 is 0 Å². The van der Waals surface area contributed by atoms with E-state index in [2.05, 4.69) is 0 Å². The van der Waals surface area contributed by atoms with Crippen molar-refractivity contribution in [3.63, 3.8) is 0 Å². The summed E-state index contributed by atoms with van der Waals surface area (Å²) >= 11 is 0. The van der Waals surface area contributed by atoms with Crippen LogP contribution in [0, 0.1) is 0 Å². The molecule has 1 aromatic heterocycles. The molecule has 0 aliphatic carbocycles. The van der Waals surface area contributed by atoms with Crippen molar-refractivity contribution >= 4 is 43.5 Å². The summed E-state index contributed by atoms with van der Waals surface area (Å²) in [5, 5.41) is 3.16.